The van der Waals surface area contributed by atoms with E-state index in [1.807, 2.05) is 0 Å². The van der Waals surface area contributed by atoms with E-state index in [0.717, 1.165) is 0 Å². The minimum atomic E-state index is -2.61. The number of esters is 1. The lowest BCUT2D eigenvalue weighted by Gasteiger charge is -2.17. The number of cyclic esters (lactones) is 1. The fourth-order valence-corrected chi connectivity index (χ4v) is 3.12. The average Bonchev–Trinajstić information content (AvgIpc) is 2.99. The van der Waals surface area contributed by atoms with Gasteiger partial charge in [0.2, 0.25) is 0 Å². The average molecular weight is 398 g/mol. The van der Waals surface area contributed by atoms with Gasteiger partial charge in [-0.1, -0.05) is 11.6 Å². The van der Waals surface area contributed by atoms with Crippen molar-refractivity contribution in [3.05, 3.63) is 51.1 Å². The van der Waals surface area contributed by atoms with Gasteiger partial charge in [0.25, 0.3) is 0 Å². The number of fused-ring (bicyclic) bond motifs is 1. The first-order valence-electron chi connectivity index (χ1n) is 8.23. The predicted molar refractivity (Wildman–Crippen MR) is 91.8 cm³/mol. The molecule has 28 heavy (non-hydrogen) atoms. The first kappa shape index (κ1) is 21.2. The zero-order chi connectivity index (χ0) is 21.2. The maximum Gasteiger partial charge on any atom is 0.339 e. The Balaban J connectivity index is 2.72. The summed E-state index contributed by atoms with van der Waals surface area (Å²) in [7, 11) is 0. The number of carboxylic acid groups (broad SMARTS) is 2. The van der Waals surface area contributed by atoms with Gasteiger partial charge >= 0.3 is 24.0 Å². The number of allylic oxidation sites excluding steroid dienone is 2. The normalized spacial score (nSPS) is 13.2. The molecule has 0 atom stereocenters. The van der Waals surface area contributed by atoms with E-state index >= 15 is 0 Å². The molecule has 0 saturated heterocycles. The highest BCUT2D eigenvalue weighted by atomic mass is 19.3. The van der Waals surface area contributed by atoms with Crippen molar-refractivity contribution < 1.29 is 42.5 Å². The zero-order valence-electron chi connectivity index (χ0n) is 15.1. The first-order chi connectivity index (χ1) is 13.1. The Morgan fingerprint density at radius 2 is 1.79 bits per heavy atom. The van der Waals surface area contributed by atoms with Crippen LogP contribution in [0.3, 0.4) is 0 Å². The van der Waals surface area contributed by atoms with Crippen molar-refractivity contribution in [3.8, 4) is 0 Å². The van der Waals surface area contributed by atoms with Crippen LogP contribution in [0.4, 0.5) is 13.2 Å². The van der Waals surface area contributed by atoms with Crippen LogP contribution in [0.25, 0.3) is 5.83 Å². The highest BCUT2D eigenvalue weighted by Gasteiger charge is 2.35. The molecule has 6 nitrogen and oxygen atoms in total. The minimum Gasteiger partial charge on any atom is -0.481 e. The molecule has 0 amide bonds. The summed E-state index contributed by atoms with van der Waals surface area (Å²) in [5.41, 5.74) is -1.12. The van der Waals surface area contributed by atoms with Crippen LogP contribution in [0.5, 0.6) is 0 Å². The van der Waals surface area contributed by atoms with Crippen LogP contribution in [0.2, 0.25) is 0 Å². The van der Waals surface area contributed by atoms with Crippen molar-refractivity contribution >= 4 is 23.7 Å². The van der Waals surface area contributed by atoms with Crippen molar-refractivity contribution in [2.75, 3.05) is 0 Å². The topological polar surface area (TPSA) is 101 Å². The second kappa shape index (κ2) is 8.28. The Labute approximate surface area is 157 Å². The molecule has 0 fully saturated rings. The van der Waals surface area contributed by atoms with Gasteiger partial charge in [-0.25, -0.2) is 14.0 Å². The Kier molecular flexibility index (Phi) is 6.27. The van der Waals surface area contributed by atoms with E-state index < -0.39 is 40.9 Å². The smallest absolute Gasteiger partial charge is 0.339 e. The third-order valence-electron chi connectivity index (χ3n) is 4.52. The molecule has 2 rings (SSSR count). The number of aliphatic carboxylic acids is 1. The molecule has 0 spiro atoms. The Morgan fingerprint density at radius 1 is 1.14 bits per heavy atom. The van der Waals surface area contributed by atoms with Gasteiger partial charge in [0.05, 0.1) is 11.1 Å². The van der Waals surface area contributed by atoms with E-state index in [0.29, 0.717) is 5.57 Å². The number of halogens is 3. The molecular weight excluding hydrogens is 381 g/mol. The summed E-state index contributed by atoms with van der Waals surface area (Å²) < 4.78 is 45.2. The lowest BCUT2D eigenvalue weighted by atomic mass is 9.85. The summed E-state index contributed by atoms with van der Waals surface area (Å²) in [6.07, 6.45) is -1.48. The standard InChI is InChI=1S/C19H17F3O6/c1-8(4-6-12(23)24)3-5-10-13(16(20)17(21)22)9(2)11-7-28-19(27)15(11)14(10)18(25)26/h3H,4-7H2,1-2H3,(H,23,24)(H,25,26)/b8-3+. The molecule has 0 saturated carbocycles. The number of carbonyl (C=O) groups excluding carboxylic acids is 1. The van der Waals surface area contributed by atoms with Crippen molar-refractivity contribution in [3.63, 3.8) is 0 Å². The minimum absolute atomic E-state index is 0.00254. The van der Waals surface area contributed by atoms with E-state index in [4.69, 9.17) is 9.84 Å². The third kappa shape index (κ3) is 4.08. The lowest BCUT2D eigenvalue weighted by molar-refractivity contribution is -0.136. The predicted octanol–water partition coefficient (Wildman–Crippen LogP) is 4.25. The van der Waals surface area contributed by atoms with Crippen molar-refractivity contribution in [1.82, 2.24) is 0 Å². The van der Waals surface area contributed by atoms with Gasteiger partial charge in [0, 0.05) is 17.5 Å². The molecule has 1 aromatic rings. The maximum absolute atomic E-state index is 14.3. The van der Waals surface area contributed by atoms with Gasteiger partial charge in [-0.15, -0.1) is 0 Å². The van der Waals surface area contributed by atoms with E-state index in [9.17, 15) is 32.7 Å². The first-order valence-corrected chi connectivity index (χ1v) is 8.23. The summed E-state index contributed by atoms with van der Waals surface area (Å²) in [6.45, 7) is 2.57. The molecule has 150 valence electrons. The molecule has 1 heterocycles. The molecule has 9 heteroatoms. The Hall–Kier alpha value is -3.10. The largest absolute Gasteiger partial charge is 0.481 e. The summed E-state index contributed by atoms with van der Waals surface area (Å²) >= 11 is 0. The van der Waals surface area contributed by atoms with Crippen LogP contribution in [0.15, 0.2) is 17.7 Å². The number of carbonyl (C=O) groups is 3. The van der Waals surface area contributed by atoms with Crippen LogP contribution >= 0.6 is 0 Å². The van der Waals surface area contributed by atoms with Gasteiger partial charge in [-0.05, 0) is 37.8 Å². The molecule has 0 aromatic heterocycles. The van der Waals surface area contributed by atoms with Crippen LogP contribution < -0.4 is 0 Å². The fraction of sp³-hybridized carbons (Fsp3) is 0.316. The number of aromatic carboxylic acids is 1. The summed E-state index contributed by atoms with van der Waals surface area (Å²) in [4.78, 5) is 34.5. The SMILES string of the molecule is C/C(=C\Cc1c(C(F)=C(F)F)c(C)c2c(c1C(=O)O)C(=O)OC2)CCC(=O)O. The third-order valence-corrected chi connectivity index (χ3v) is 4.52. The monoisotopic (exact) mass is 398 g/mol. The second-order valence-electron chi connectivity index (χ2n) is 6.31. The quantitative estimate of drug-likeness (QED) is 0.526. The summed E-state index contributed by atoms with van der Waals surface area (Å²) in [5.74, 6) is -5.40. The number of ether oxygens (including phenoxy) is 1. The van der Waals surface area contributed by atoms with Crippen molar-refractivity contribution in [1.29, 1.82) is 0 Å². The van der Waals surface area contributed by atoms with Crippen LogP contribution in [0.1, 0.15) is 62.7 Å². The van der Waals surface area contributed by atoms with Crippen molar-refractivity contribution in [2.45, 2.75) is 39.7 Å². The number of hydrogen-bond acceptors (Lipinski definition) is 4. The van der Waals surface area contributed by atoms with Crippen LogP contribution in [0, 0.1) is 6.92 Å². The highest BCUT2D eigenvalue weighted by Crippen LogP contribution is 2.39. The second-order valence-corrected chi connectivity index (χ2v) is 6.31. The van der Waals surface area contributed by atoms with E-state index in [1.54, 1.807) is 6.92 Å². The molecule has 1 aromatic carbocycles. The van der Waals surface area contributed by atoms with Crippen LogP contribution in [-0.4, -0.2) is 28.1 Å². The van der Waals surface area contributed by atoms with Crippen molar-refractivity contribution in [2.24, 2.45) is 0 Å². The lowest BCUT2D eigenvalue weighted by Crippen LogP contribution is -2.14. The highest BCUT2D eigenvalue weighted by molar-refractivity contribution is 6.07. The molecule has 0 bridgehead atoms. The maximum atomic E-state index is 14.3. The Morgan fingerprint density at radius 3 is 2.32 bits per heavy atom. The molecule has 0 unspecified atom stereocenters. The van der Waals surface area contributed by atoms with E-state index in [2.05, 4.69) is 0 Å². The number of hydrogen-bond donors (Lipinski definition) is 2. The van der Waals surface area contributed by atoms with Gasteiger partial charge in [-0.2, -0.15) is 8.78 Å². The molecule has 0 radical (unpaired) electrons. The Bertz CT molecular complexity index is 926. The zero-order valence-corrected chi connectivity index (χ0v) is 15.1. The summed E-state index contributed by atoms with van der Waals surface area (Å²) in [6, 6.07) is 0. The van der Waals surface area contributed by atoms with Gasteiger partial charge in [0.15, 0.2) is 5.83 Å². The molecule has 0 aliphatic carbocycles. The van der Waals surface area contributed by atoms with Gasteiger partial charge in [0.1, 0.15) is 6.61 Å². The molecule has 2 N–H and O–H groups in total. The molecule has 1 aliphatic rings. The van der Waals surface area contributed by atoms with Gasteiger partial charge < -0.3 is 14.9 Å². The fourth-order valence-electron chi connectivity index (χ4n) is 3.12. The van der Waals surface area contributed by atoms with Gasteiger partial charge in [-0.3, -0.25) is 4.79 Å². The molecule has 1 aliphatic heterocycles. The number of rotatable bonds is 7. The van der Waals surface area contributed by atoms with E-state index in [1.165, 1.54) is 13.0 Å². The van der Waals surface area contributed by atoms with Crippen LogP contribution in [-0.2, 0) is 22.6 Å². The van der Waals surface area contributed by atoms with E-state index in [-0.39, 0.29) is 48.1 Å². The number of benzene rings is 1. The number of carboxylic acids is 2. The molecular formula is C19H17F3O6. The summed E-state index contributed by atoms with van der Waals surface area (Å²) in [5, 5.41) is 18.3.